The number of carboxylic acids is 1. The Morgan fingerprint density at radius 2 is 2.12 bits per heavy atom. The third-order valence-corrected chi connectivity index (χ3v) is 9.31. The fraction of sp³-hybridized carbons (Fsp3) is 0.450. The molecule has 176 valence electrons. The molecule has 2 aromatic rings. The number of nitrogens with zero attached hydrogens (tertiary/aromatic N) is 3. The number of benzene rings is 1. The fourth-order valence-electron chi connectivity index (χ4n) is 3.65. The van der Waals surface area contributed by atoms with Crippen LogP contribution in [0, 0.1) is 12.3 Å². The van der Waals surface area contributed by atoms with Crippen LogP contribution in [0.15, 0.2) is 34.7 Å². The standard InChI is InChI=1S/C20H23N5O5S3/c1-11-23-24-19(33-11)32-10-20(17(27)28)8-25-15(26)13(16(25)31-9-20)21-18(29)22-14(30-2)12-6-4-3-5-7-12/h3-7,13-14,16H,8-10H2,1-2H3,(H,27,28)(H2,21,22,29)/t13?,14?,16-,20?/m1/s1. The van der Waals surface area contributed by atoms with Crippen LogP contribution in [-0.4, -0.2) is 74.7 Å². The Morgan fingerprint density at radius 1 is 1.36 bits per heavy atom. The number of carbonyl (C=O) groups excluding carboxylic acids is 2. The first-order valence-corrected chi connectivity index (χ1v) is 12.9. The first-order chi connectivity index (χ1) is 15.8. The number of carboxylic acid groups (broad SMARTS) is 1. The van der Waals surface area contributed by atoms with Gasteiger partial charge in [0.05, 0.1) is 0 Å². The second-order valence-corrected chi connectivity index (χ2v) is 11.3. The number of hydrogen-bond donors (Lipinski definition) is 3. The zero-order valence-electron chi connectivity index (χ0n) is 17.9. The molecule has 33 heavy (non-hydrogen) atoms. The summed E-state index contributed by atoms with van der Waals surface area (Å²) in [6.07, 6.45) is -0.655. The highest BCUT2D eigenvalue weighted by atomic mass is 32.2. The summed E-state index contributed by atoms with van der Waals surface area (Å²) in [6.45, 7) is 1.93. The van der Waals surface area contributed by atoms with Crippen molar-refractivity contribution in [3.63, 3.8) is 0 Å². The summed E-state index contributed by atoms with van der Waals surface area (Å²) >= 11 is 4.12. The number of thioether (sulfide) groups is 2. The highest BCUT2D eigenvalue weighted by Gasteiger charge is 2.57. The number of aliphatic carboxylic acids is 1. The van der Waals surface area contributed by atoms with Crippen molar-refractivity contribution in [2.75, 3.05) is 25.2 Å². The highest BCUT2D eigenvalue weighted by molar-refractivity contribution is 8.01. The lowest BCUT2D eigenvalue weighted by molar-refractivity contribution is -0.156. The molecule has 2 aliphatic rings. The van der Waals surface area contributed by atoms with Gasteiger partial charge in [-0.25, -0.2) is 4.79 Å². The summed E-state index contributed by atoms with van der Waals surface area (Å²) in [5.41, 5.74) is -0.318. The fourth-order valence-corrected chi connectivity index (χ4v) is 7.33. The number of carbonyl (C=O) groups is 3. The predicted octanol–water partition coefficient (Wildman–Crippen LogP) is 1.94. The summed E-state index contributed by atoms with van der Waals surface area (Å²) in [4.78, 5) is 39.0. The molecule has 2 aliphatic heterocycles. The maximum Gasteiger partial charge on any atom is 0.317 e. The minimum atomic E-state index is -1.09. The van der Waals surface area contributed by atoms with Crippen LogP contribution < -0.4 is 10.6 Å². The Kier molecular flexibility index (Phi) is 7.12. The van der Waals surface area contributed by atoms with Crippen LogP contribution in [0.4, 0.5) is 4.79 Å². The van der Waals surface area contributed by atoms with Gasteiger partial charge in [-0.1, -0.05) is 53.4 Å². The minimum Gasteiger partial charge on any atom is -0.481 e. The summed E-state index contributed by atoms with van der Waals surface area (Å²) in [6, 6.07) is 7.96. The number of rotatable bonds is 8. The van der Waals surface area contributed by atoms with Crippen molar-refractivity contribution in [1.29, 1.82) is 0 Å². The summed E-state index contributed by atoms with van der Waals surface area (Å²) in [5, 5.41) is 23.9. The van der Waals surface area contributed by atoms with Gasteiger partial charge in [0.15, 0.2) is 10.6 Å². The predicted molar refractivity (Wildman–Crippen MR) is 125 cm³/mol. The quantitative estimate of drug-likeness (QED) is 0.277. The zero-order chi connectivity index (χ0) is 23.6. The highest BCUT2D eigenvalue weighted by Crippen LogP contribution is 2.44. The van der Waals surface area contributed by atoms with Crippen molar-refractivity contribution in [1.82, 2.24) is 25.7 Å². The largest absolute Gasteiger partial charge is 0.481 e. The van der Waals surface area contributed by atoms with Gasteiger partial charge < -0.3 is 25.4 Å². The molecule has 0 bridgehead atoms. The topological polar surface area (TPSA) is 134 Å². The summed E-state index contributed by atoms with van der Waals surface area (Å²) in [5.74, 6) is -0.633. The van der Waals surface area contributed by atoms with E-state index in [2.05, 4.69) is 20.8 Å². The molecule has 3 unspecified atom stereocenters. The first kappa shape index (κ1) is 23.8. The zero-order valence-corrected chi connectivity index (χ0v) is 20.3. The van der Waals surface area contributed by atoms with Crippen molar-refractivity contribution in [2.45, 2.75) is 28.9 Å². The van der Waals surface area contributed by atoms with Gasteiger partial charge in [0, 0.05) is 30.7 Å². The molecule has 2 saturated heterocycles. The van der Waals surface area contributed by atoms with E-state index >= 15 is 0 Å². The van der Waals surface area contributed by atoms with Crippen LogP contribution in [0.2, 0.25) is 0 Å². The number of ether oxygens (including phenoxy) is 1. The molecule has 1 aromatic carbocycles. The molecule has 0 aliphatic carbocycles. The average molecular weight is 510 g/mol. The Hall–Kier alpha value is -2.35. The van der Waals surface area contributed by atoms with Crippen molar-refractivity contribution in [2.24, 2.45) is 5.41 Å². The van der Waals surface area contributed by atoms with Gasteiger partial charge in [0.2, 0.25) is 5.91 Å². The van der Waals surface area contributed by atoms with Crippen LogP contribution in [0.5, 0.6) is 0 Å². The van der Waals surface area contributed by atoms with Crippen LogP contribution in [0.25, 0.3) is 0 Å². The molecule has 3 amide bonds. The van der Waals surface area contributed by atoms with Gasteiger partial charge >= 0.3 is 12.0 Å². The molecule has 1 aromatic heterocycles. The third-order valence-electron chi connectivity index (χ3n) is 5.46. The number of fused-ring (bicyclic) bond motifs is 1. The van der Waals surface area contributed by atoms with Crippen LogP contribution in [0.1, 0.15) is 16.8 Å². The van der Waals surface area contributed by atoms with E-state index in [1.807, 2.05) is 37.3 Å². The monoisotopic (exact) mass is 509 g/mol. The number of aryl methyl sites for hydroxylation is 1. The molecule has 4 rings (SSSR count). The van der Waals surface area contributed by atoms with Crippen molar-refractivity contribution in [3.05, 3.63) is 40.9 Å². The number of β-lactam (4-membered cyclic amide) rings is 1. The maximum absolute atomic E-state index is 12.8. The molecule has 2 fully saturated rings. The minimum absolute atomic E-state index is 0.0914. The van der Waals surface area contributed by atoms with Crippen molar-refractivity contribution in [3.8, 4) is 0 Å². The van der Waals surface area contributed by atoms with Gasteiger partial charge in [-0.2, -0.15) is 0 Å². The number of methoxy groups -OCH3 is 1. The van der Waals surface area contributed by atoms with Crippen LogP contribution in [0.3, 0.4) is 0 Å². The van der Waals surface area contributed by atoms with Gasteiger partial charge in [-0.3, -0.25) is 9.59 Å². The van der Waals surface area contributed by atoms with E-state index < -0.39 is 29.7 Å². The molecule has 0 radical (unpaired) electrons. The smallest absolute Gasteiger partial charge is 0.317 e. The van der Waals surface area contributed by atoms with Gasteiger partial charge in [-0.15, -0.1) is 22.0 Å². The Labute approximate surface area is 202 Å². The second kappa shape index (κ2) is 9.87. The van der Waals surface area contributed by atoms with Gasteiger partial charge in [0.25, 0.3) is 0 Å². The molecular formula is C20H23N5O5S3. The molecule has 4 atom stereocenters. The van der Waals surface area contributed by atoms with E-state index in [-0.39, 0.29) is 23.6 Å². The van der Waals surface area contributed by atoms with E-state index in [4.69, 9.17) is 4.74 Å². The third kappa shape index (κ3) is 4.95. The Morgan fingerprint density at radius 3 is 2.76 bits per heavy atom. The lowest BCUT2D eigenvalue weighted by atomic mass is 9.89. The normalized spacial score (nSPS) is 25.0. The van der Waals surface area contributed by atoms with Gasteiger partial charge in [0.1, 0.15) is 21.8 Å². The molecule has 0 spiro atoms. The number of urea groups is 1. The lowest BCUT2D eigenvalue weighted by Gasteiger charge is -2.53. The second-order valence-electron chi connectivity index (χ2n) is 7.75. The molecule has 3 heterocycles. The number of amides is 3. The van der Waals surface area contributed by atoms with E-state index in [1.165, 1.54) is 46.9 Å². The Bertz CT molecular complexity index is 1040. The van der Waals surface area contributed by atoms with Gasteiger partial charge in [-0.05, 0) is 6.92 Å². The van der Waals surface area contributed by atoms with Crippen molar-refractivity contribution < 1.29 is 24.2 Å². The van der Waals surface area contributed by atoms with E-state index in [9.17, 15) is 19.5 Å². The lowest BCUT2D eigenvalue weighted by Crippen LogP contribution is -2.74. The van der Waals surface area contributed by atoms with E-state index in [0.717, 1.165) is 10.6 Å². The summed E-state index contributed by atoms with van der Waals surface area (Å²) in [7, 11) is 1.48. The number of aromatic nitrogens is 2. The maximum atomic E-state index is 12.8. The van der Waals surface area contributed by atoms with E-state index in [0.29, 0.717) is 10.1 Å². The van der Waals surface area contributed by atoms with Crippen molar-refractivity contribution >= 4 is 52.8 Å². The van der Waals surface area contributed by atoms with Crippen LogP contribution in [-0.2, 0) is 14.3 Å². The van der Waals surface area contributed by atoms with Crippen LogP contribution >= 0.6 is 34.9 Å². The average Bonchev–Trinajstić information content (AvgIpc) is 3.25. The number of hydrogen-bond acceptors (Lipinski definition) is 9. The molecule has 13 heteroatoms. The Balaban J connectivity index is 1.35. The van der Waals surface area contributed by atoms with E-state index in [1.54, 1.807) is 0 Å². The number of nitrogens with one attached hydrogen (secondary N) is 2. The molecular weight excluding hydrogens is 486 g/mol. The first-order valence-electron chi connectivity index (χ1n) is 10.1. The molecule has 0 saturated carbocycles. The SMILES string of the molecule is COC(NC(=O)NC1C(=O)N2CC(CSc3nnc(C)s3)(C(=O)O)CS[C@H]12)c1ccccc1. The molecule has 3 N–H and O–H groups in total. The summed E-state index contributed by atoms with van der Waals surface area (Å²) < 4.78 is 6.05. The molecule has 10 nitrogen and oxygen atoms in total.